The van der Waals surface area contributed by atoms with Gasteiger partial charge in [-0.15, -0.1) is 0 Å². The van der Waals surface area contributed by atoms with Crippen LogP contribution in [0.1, 0.15) is 159 Å². The Hall–Kier alpha value is -0.980. The molecule has 186 valence electrons. The zero-order chi connectivity index (χ0) is 23.3. The molecule has 0 aliphatic rings. The van der Waals surface area contributed by atoms with Crippen LogP contribution in [0.25, 0.3) is 0 Å². The van der Waals surface area contributed by atoms with E-state index in [1.807, 2.05) is 0 Å². The fraction of sp³-hybridized carbons (Fsp3) is 0.806. The first-order valence-corrected chi connectivity index (χ1v) is 14.5. The maximum atomic E-state index is 10.8. The second kappa shape index (κ2) is 20.6. The van der Waals surface area contributed by atoms with E-state index in [9.17, 15) is 5.11 Å². The summed E-state index contributed by atoms with van der Waals surface area (Å²) in [6, 6.07) is 4.43. The summed E-state index contributed by atoms with van der Waals surface area (Å²) >= 11 is 0. The van der Waals surface area contributed by atoms with E-state index in [0.717, 1.165) is 12.8 Å². The monoisotopic (exact) mass is 444 g/mol. The predicted molar refractivity (Wildman–Crippen MR) is 144 cm³/mol. The normalized spacial score (nSPS) is 11.3. The fourth-order valence-corrected chi connectivity index (χ4v) is 4.92. The van der Waals surface area contributed by atoms with Gasteiger partial charge in [0.1, 0.15) is 5.75 Å². The zero-order valence-corrected chi connectivity index (χ0v) is 22.2. The Morgan fingerprint density at radius 2 is 0.750 bits per heavy atom. The Bertz CT molecular complexity index is 502. The van der Waals surface area contributed by atoms with Gasteiger partial charge in [-0.25, -0.2) is 0 Å². The van der Waals surface area contributed by atoms with Gasteiger partial charge in [0.05, 0.1) is 0 Å². The van der Waals surface area contributed by atoms with Crippen molar-refractivity contribution in [2.24, 2.45) is 0 Å². The summed E-state index contributed by atoms with van der Waals surface area (Å²) < 4.78 is 0. The molecule has 0 aliphatic carbocycles. The van der Waals surface area contributed by atoms with E-state index in [1.54, 1.807) is 0 Å². The summed E-state index contributed by atoms with van der Waals surface area (Å²) in [6.45, 7) is 6.75. The SMILES string of the molecule is CCCCCCCCCCCCc1cc(C)cc(CCCCCCCCCCCC)c1O. The molecule has 1 heteroatoms. The molecule has 1 aromatic rings. The number of benzene rings is 1. The lowest BCUT2D eigenvalue weighted by atomic mass is 9.96. The molecule has 0 saturated heterocycles. The van der Waals surface area contributed by atoms with Gasteiger partial charge in [0.25, 0.3) is 0 Å². The third kappa shape index (κ3) is 15.0. The van der Waals surface area contributed by atoms with E-state index in [4.69, 9.17) is 0 Å². The van der Waals surface area contributed by atoms with Crippen LogP contribution >= 0.6 is 0 Å². The lowest BCUT2D eigenvalue weighted by Gasteiger charge is -2.12. The second-order valence-corrected chi connectivity index (χ2v) is 10.3. The van der Waals surface area contributed by atoms with Gasteiger partial charge in [-0.3, -0.25) is 0 Å². The van der Waals surface area contributed by atoms with Crippen molar-refractivity contribution < 1.29 is 5.11 Å². The summed E-state index contributed by atoms with van der Waals surface area (Å²) in [5.74, 6) is 0.599. The van der Waals surface area contributed by atoms with Gasteiger partial charge in [0, 0.05) is 0 Å². The third-order valence-corrected chi connectivity index (χ3v) is 7.01. The Balaban J connectivity index is 2.16. The van der Waals surface area contributed by atoms with Crippen LogP contribution in [0.4, 0.5) is 0 Å². The van der Waals surface area contributed by atoms with E-state index >= 15 is 0 Å². The molecule has 1 N–H and O–H groups in total. The second-order valence-electron chi connectivity index (χ2n) is 10.3. The van der Waals surface area contributed by atoms with Crippen LogP contribution in [0.15, 0.2) is 12.1 Å². The summed E-state index contributed by atoms with van der Waals surface area (Å²) in [5.41, 5.74) is 3.69. The number of phenols is 1. The molecule has 32 heavy (non-hydrogen) atoms. The first kappa shape index (κ1) is 29.1. The third-order valence-electron chi connectivity index (χ3n) is 7.01. The molecule has 0 aliphatic heterocycles. The van der Waals surface area contributed by atoms with Crippen LogP contribution in [0.2, 0.25) is 0 Å². The average Bonchev–Trinajstić information content (AvgIpc) is 2.78. The molecule has 0 amide bonds. The first-order valence-electron chi connectivity index (χ1n) is 14.5. The van der Waals surface area contributed by atoms with Gasteiger partial charge >= 0.3 is 0 Å². The van der Waals surface area contributed by atoms with Crippen molar-refractivity contribution in [3.05, 3.63) is 28.8 Å². The fourth-order valence-electron chi connectivity index (χ4n) is 4.92. The first-order chi connectivity index (χ1) is 15.7. The van der Waals surface area contributed by atoms with Crippen molar-refractivity contribution in [1.82, 2.24) is 0 Å². The molecule has 1 aromatic carbocycles. The van der Waals surface area contributed by atoms with Crippen LogP contribution in [0, 0.1) is 6.92 Å². The standard InChI is InChI=1S/C31H56O/c1-4-6-8-10-12-14-16-18-20-22-24-29-26-28(3)27-30(31(29)32)25-23-21-19-17-15-13-11-9-7-5-2/h26-27,32H,4-25H2,1-3H3. The summed E-state index contributed by atoms with van der Waals surface area (Å²) in [6.07, 6.45) is 29.4. The molecular formula is C31H56O. The molecule has 0 aromatic heterocycles. The summed E-state index contributed by atoms with van der Waals surface area (Å²) in [4.78, 5) is 0. The molecular weight excluding hydrogens is 388 g/mol. The maximum Gasteiger partial charge on any atom is 0.121 e. The van der Waals surface area contributed by atoms with Gasteiger partial charge in [-0.2, -0.15) is 0 Å². The van der Waals surface area contributed by atoms with Crippen molar-refractivity contribution in [2.75, 3.05) is 0 Å². The molecule has 0 atom stereocenters. The molecule has 0 fully saturated rings. The number of hydrogen-bond acceptors (Lipinski definition) is 1. The van der Waals surface area contributed by atoms with Gasteiger partial charge < -0.3 is 5.11 Å². The van der Waals surface area contributed by atoms with E-state index in [-0.39, 0.29) is 0 Å². The Morgan fingerprint density at radius 3 is 1.06 bits per heavy atom. The van der Waals surface area contributed by atoms with Crippen molar-refractivity contribution in [3.8, 4) is 5.75 Å². The molecule has 0 unspecified atom stereocenters. The van der Waals surface area contributed by atoms with Gasteiger partial charge in [0.15, 0.2) is 0 Å². The van der Waals surface area contributed by atoms with Crippen molar-refractivity contribution in [3.63, 3.8) is 0 Å². The highest BCUT2D eigenvalue weighted by Crippen LogP contribution is 2.28. The van der Waals surface area contributed by atoms with E-state index in [1.165, 1.54) is 145 Å². The molecule has 0 saturated carbocycles. The highest BCUT2D eigenvalue weighted by atomic mass is 16.3. The number of aromatic hydroxyl groups is 1. The average molecular weight is 445 g/mol. The minimum absolute atomic E-state index is 0.599. The van der Waals surface area contributed by atoms with Crippen LogP contribution in [-0.2, 0) is 12.8 Å². The smallest absolute Gasteiger partial charge is 0.121 e. The highest BCUT2D eigenvalue weighted by molar-refractivity contribution is 5.43. The van der Waals surface area contributed by atoms with E-state index in [0.29, 0.717) is 5.75 Å². The molecule has 0 heterocycles. The summed E-state index contributed by atoms with van der Waals surface area (Å²) in [5, 5.41) is 10.8. The molecule has 1 rings (SSSR count). The Labute approximate surface area is 201 Å². The highest BCUT2D eigenvalue weighted by Gasteiger charge is 2.09. The summed E-state index contributed by atoms with van der Waals surface area (Å²) in [7, 11) is 0. The van der Waals surface area contributed by atoms with Gasteiger partial charge in [-0.05, 0) is 43.7 Å². The van der Waals surface area contributed by atoms with Crippen LogP contribution in [-0.4, -0.2) is 5.11 Å². The van der Waals surface area contributed by atoms with Gasteiger partial charge in [-0.1, -0.05) is 147 Å². The van der Waals surface area contributed by atoms with Crippen molar-refractivity contribution >= 4 is 0 Å². The Morgan fingerprint density at radius 1 is 0.469 bits per heavy atom. The maximum absolute atomic E-state index is 10.8. The van der Waals surface area contributed by atoms with Crippen molar-refractivity contribution in [1.29, 1.82) is 0 Å². The minimum atomic E-state index is 0.599. The molecule has 0 spiro atoms. The van der Waals surface area contributed by atoms with Crippen molar-refractivity contribution in [2.45, 2.75) is 162 Å². The molecule has 0 bridgehead atoms. The van der Waals surface area contributed by atoms with Crippen LogP contribution < -0.4 is 0 Å². The number of phenolic OH excluding ortho intramolecular Hbond substituents is 1. The zero-order valence-electron chi connectivity index (χ0n) is 22.2. The van der Waals surface area contributed by atoms with E-state index < -0.39 is 0 Å². The number of hydrogen-bond donors (Lipinski definition) is 1. The number of rotatable bonds is 22. The molecule has 0 radical (unpaired) electrons. The van der Waals surface area contributed by atoms with Gasteiger partial charge in [0.2, 0.25) is 0 Å². The largest absolute Gasteiger partial charge is 0.507 e. The van der Waals surface area contributed by atoms with Crippen LogP contribution in [0.5, 0.6) is 5.75 Å². The lowest BCUT2D eigenvalue weighted by Crippen LogP contribution is -1.95. The van der Waals surface area contributed by atoms with Crippen LogP contribution in [0.3, 0.4) is 0 Å². The quantitative estimate of drug-likeness (QED) is 0.176. The van der Waals surface area contributed by atoms with E-state index in [2.05, 4.69) is 32.9 Å². The number of aryl methyl sites for hydroxylation is 3. The lowest BCUT2D eigenvalue weighted by molar-refractivity contribution is 0.456. The molecule has 1 nitrogen and oxygen atoms in total. The minimum Gasteiger partial charge on any atom is -0.507 e. The Kier molecular flexibility index (Phi) is 18.7. The topological polar surface area (TPSA) is 20.2 Å². The predicted octanol–water partition coefficient (Wildman–Crippen LogP) is 10.6. The number of unbranched alkanes of at least 4 members (excludes halogenated alkanes) is 18.